The molecule has 0 aliphatic carbocycles. The van der Waals surface area contributed by atoms with Crippen molar-refractivity contribution in [3.8, 4) is 0 Å². The fourth-order valence-electron chi connectivity index (χ4n) is 1.83. The molecule has 16 heavy (non-hydrogen) atoms. The number of anilines is 1. The molecule has 1 heterocycles. The van der Waals surface area contributed by atoms with Gasteiger partial charge in [0.1, 0.15) is 0 Å². The van der Waals surface area contributed by atoms with Crippen LogP contribution in [0.3, 0.4) is 0 Å². The van der Waals surface area contributed by atoms with E-state index in [0.29, 0.717) is 6.42 Å². The number of aryl methyl sites for hydroxylation is 1. The second kappa shape index (κ2) is 3.48. The molecule has 1 N–H and O–H groups in total. The summed E-state index contributed by atoms with van der Waals surface area (Å²) >= 11 is 0. The highest BCUT2D eigenvalue weighted by Crippen LogP contribution is 2.29. The number of hydrogen-bond acceptors (Lipinski definition) is 2. The van der Waals surface area contributed by atoms with Crippen molar-refractivity contribution in [2.45, 2.75) is 32.6 Å². The lowest BCUT2D eigenvalue weighted by molar-refractivity contribution is 0.588. The highest BCUT2D eigenvalue weighted by molar-refractivity contribution is 7.92. The Bertz CT molecular complexity index is 512. The molecule has 3 nitrogen and oxygen atoms in total. The second-order valence-corrected chi connectivity index (χ2v) is 7.13. The molecule has 1 aromatic rings. The van der Waals surface area contributed by atoms with Crippen LogP contribution >= 0.6 is 0 Å². The Morgan fingerprint density at radius 3 is 2.56 bits per heavy atom. The summed E-state index contributed by atoms with van der Waals surface area (Å²) in [5, 5.41) is 0. The van der Waals surface area contributed by atoms with E-state index >= 15 is 0 Å². The molecule has 0 spiro atoms. The molecule has 0 unspecified atom stereocenters. The smallest absolute Gasteiger partial charge is 0.233 e. The number of hydrogen-bond donors (Lipinski definition) is 1. The topological polar surface area (TPSA) is 46.2 Å². The summed E-state index contributed by atoms with van der Waals surface area (Å²) in [4.78, 5) is 0. The largest absolute Gasteiger partial charge is 0.283 e. The maximum Gasteiger partial charge on any atom is 0.233 e. The van der Waals surface area contributed by atoms with E-state index in [0.717, 1.165) is 11.3 Å². The third-order valence-electron chi connectivity index (χ3n) is 2.88. The minimum atomic E-state index is -3.09. The lowest BCUT2D eigenvalue weighted by atomic mass is 9.85. The number of rotatable bonds is 0. The zero-order valence-corrected chi connectivity index (χ0v) is 10.7. The molecular formula is C12H17NO2S. The molecule has 0 radical (unpaired) electrons. The third-order valence-corrected chi connectivity index (χ3v) is 4.15. The average molecular weight is 239 g/mol. The van der Waals surface area contributed by atoms with E-state index in [1.54, 1.807) is 0 Å². The maximum absolute atomic E-state index is 11.4. The van der Waals surface area contributed by atoms with Crippen LogP contribution in [0.25, 0.3) is 0 Å². The van der Waals surface area contributed by atoms with E-state index in [1.165, 1.54) is 5.56 Å². The Labute approximate surface area is 96.9 Å². The zero-order valence-electron chi connectivity index (χ0n) is 9.87. The lowest BCUT2D eigenvalue weighted by Crippen LogP contribution is -2.24. The highest BCUT2D eigenvalue weighted by atomic mass is 32.2. The number of benzene rings is 1. The van der Waals surface area contributed by atoms with Gasteiger partial charge >= 0.3 is 0 Å². The minimum absolute atomic E-state index is 0.103. The van der Waals surface area contributed by atoms with Crippen LogP contribution in [-0.4, -0.2) is 14.2 Å². The van der Waals surface area contributed by atoms with Crippen LogP contribution in [0.15, 0.2) is 18.2 Å². The quantitative estimate of drug-likeness (QED) is 0.755. The fraction of sp³-hybridized carbons (Fsp3) is 0.500. The van der Waals surface area contributed by atoms with Gasteiger partial charge in [0.15, 0.2) is 0 Å². The lowest BCUT2D eigenvalue weighted by Gasteiger charge is -2.24. The first-order valence-electron chi connectivity index (χ1n) is 5.42. The van der Waals surface area contributed by atoms with Crippen molar-refractivity contribution in [2.75, 3.05) is 10.5 Å². The first-order valence-corrected chi connectivity index (χ1v) is 7.07. The van der Waals surface area contributed by atoms with Crippen LogP contribution in [0.5, 0.6) is 0 Å². The fourth-order valence-corrected chi connectivity index (χ4v) is 2.95. The molecule has 0 fully saturated rings. The average Bonchev–Trinajstić information content (AvgIpc) is 2.14. The molecule has 1 aromatic carbocycles. The Kier molecular flexibility index (Phi) is 2.49. The normalized spacial score (nSPS) is 18.7. The van der Waals surface area contributed by atoms with Crippen molar-refractivity contribution in [3.63, 3.8) is 0 Å². The first kappa shape index (κ1) is 11.5. The molecule has 0 bridgehead atoms. The van der Waals surface area contributed by atoms with Crippen molar-refractivity contribution in [3.05, 3.63) is 29.3 Å². The van der Waals surface area contributed by atoms with E-state index in [4.69, 9.17) is 0 Å². The van der Waals surface area contributed by atoms with Crippen LogP contribution in [-0.2, 0) is 21.9 Å². The molecule has 1 aliphatic rings. The van der Waals surface area contributed by atoms with Gasteiger partial charge in [0.2, 0.25) is 10.0 Å². The summed E-state index contributed by atoms with van der Waals surface area (Å²) in [5.41, 5.74) is 3.18. The van der Waals surface area contributed by atoms with E-state index < -0.39 is 10.0 Å². The van der Waals surface area contributed by atoms with Crippen LogP contribution < -0.4 is 4.72 Å². The van der Waals surface area contributed by atoms with Gasteiger partial charge in [-0.15, -0.1) is 0 Å². The maximum atomic E-state index is 11.4. The number of nitrogens with one attached hydrogen (secondary N) is 1. The van der Waals surface area contributed by atoms with Gasteiger partial charge in [-0.3, -0.25) is 4.72 Å². The molecule has 0 atom stereocenters. The van der Waals surface area contributed by atoms with Crippen LogP contribution in [0.1, 0.15) is 31.9 Å². The summed E-state index contributed by atoms with van der Waals surface area (Å²) in [6.45, 7) is 6.46. The van der Waals surface area contributed by atoms with E-state index in [2.05, 4.69) is 31.6 Å². The van der Waals surface area contributed by atoms with Gasteiger partial charge in [-0.1, -0.05) is 32.9 Å². The first-order chi connectivity index (χ1) is 7.28. The van der Waals surface area contributed by atoms with Crippen molar-refractivity contribution in [1.29, 1.82) is 0 Å². The van der Waals surface area contributed by atoms with Gasteiger partial charge in [0.05, 0.1) is 11.4 Å². The van der Waals surface area contributed by atoms with E-state index in [1.807, 2.05) is 12.1 Å². The Hall–Kier alpha value is -1.03. The van der Waals surface area contributed by atoms with Crippen LogP contribution in [0.2, 0.25) is 0 Å². The summed E-state index contributed by atoms with van der Waals surface area (Å²) in [5.74, 6) is 0.188. The minimum Gasteiger partial charge on any atom is -0.283 e. The Balaban J connectivity index is 2.43. The Morgan fingerprint density at radius 2 is 1.94 bits per heavy atom. The molecule has 4 heteroatoms. The SMILES string of the molecule is CC(C)(C)c1ccc2c(c1)CCS(=O)(=O)N2. The van der Waals surface area contributed by atoms with Crippen LogP contribution in [0.4, 0.5) is 5.69 Å². The third kappa shape index (κ3) is 2.21. The van der Waals surface area contributed by atoms with Gasteiger partial charge in [0, 0.05) is 0 Å². The van der Waals surface area contributed by atoms with Gasteiger partial charge in [0.25, 0.3) is 0 Å². The predicted octanol–water partition coefficient (Wildman–Crippen LogP) is 2.28. The van der Waals surface area contributed by atoms with Gasteiger partial charge in [-0.2, -0.15) is 0 Å². The summed E-state index contributed by atoms with van der Waals surface area (Å²) < 4.78 is 25.4. The van der Waals surface area contributed by atoms with Gasteiger partial charge in [-0.25, -0.2) is 8.42 Å². The number of fused-ring (bicyclic) bond motifs is 1. The van der Waals surface area contributed by atoms with E-state index in [-0.39, 0.29) is 11.2 Å². The molecule has 0 aromatic heterocycles. The Morgan fingerprint density at radius 1 is 1.25 bits per heavy atom. The van der Waals surface area contributed by atoms with Crippen molar-refractivity contribution < 1.29 is 8.42 Å². The summed E-state index contributed by atoms with van der Waals surface area (Å²) in [6.07, 6.45) is 0.606. The zero-order chi connectivity index (χ0) is 12.0. The summed E-state index contributed by atoms with van der Waals surface area (Å²) in [7, 11) is -3.09. The van der Waals surface area contributed by atoms with Crippen LogP contribution in [0, 0.1) is 0 Å². The molecule has 88 valence electrons. The highest BCUT2D eigenvalue weighted by Gasteiger charge is 2.22. The molecule has 1 aliphatic heterocycles. The van der Waals surface area contributed by atoms with Crippen molar-refractivity contribution in [2.24, 2.45) is 0 Å². The molecular weight excluding hydrogens is 222 g/mol. The number of sulfonamides is 1. The standard InChI is InChI=1S/C12H17NO2S/c1-12(2,3)10-4-5-11-9(8-10)6-7-16(14,15)13-11/h4-5,8,13H,6-7H2,1-3H3. The van der Waals surface area contributed by atoms with Crippen molar-refractivity contribution >= 4 is 15.7 Å². The second-order valence-electron chi connectivity index (χ2n) is 5.29. The monoisotopic (exact) mass is 239 g/mol. The van der Waals surface area contributed by atoms with Gasteiger partial charge in [-0.05, 0) is 29.0 Å². The molecule has 0 amide bonds. The van der Waals surface area contributed by atoms with Crippen molar-refractivity contribution in [1.82, 2.24) is 0 Å². The van der Waals surface area contributed by atoms with E-state index in [9.17, 15) is 8.42 Å². The van der Waals surface area contributed by atoms with Gasteiger partial charge < -0.3 is 0 Å². The predicted molar refractivity (Wildman–Crippen MR) is 66.3 cm³/mol. The molecule has 2 rings (SSSR count). The summed E-state index contributed by atoms with van der Waals surface area (Å²) in [6, 6.07) is 5.97. The molecule has 0 saturated heterocycles. The molecule has 0 saturated carbocycles.